The minimum atomic E-state index is -1.69. The van der Waals surface area contributed by atoms with Crippen molar-refractivity contribution in [3.05, 3.63) is 71.5 Å². The van der Waals surface area contributed by atoms with Gasteiger partial charge in [-0.15, -0.1) is 0 Å². The fraction of sp³-hybridized carbons (Fsp3) is 0.111. The molecule has 0 unspecified atom stereocenters. The molecule has 0 fully saturated rings. The summed E-state index contributed by atoms with van der Waals surface area (Å²) in [5.74, 6) is -4.57. The fourth-order valence-corrected chi connectivity index (χ4v) is 3.71. The number of hydrogen-bond acceptors (Lipinski definition) is 10. The standard InChI is InChI=1S/C27H22O11/c1-36-22-7-4-14(16-12-23(37-25(16)22)15-3-6-18(29)20(31)11-15)10-21(32)27(35)38-24(26(33)34)9-13-2-5-17(28)19(30)8-13/h2-8,10-12,24,28-32H,9H2,1H3,(H,33,34)/b21-10-/t24-/m1/s1. The van der Waals surface area contributed by atoms with Gasteiger partial charge in [-0.1, -0.05) is 12.1 Å². The van der Waals surface area contributed by atoms with Crippen molar-refractivity contribution in [2.24, 2.45) is 0 Å². The number of fused-ring (bicyclic) bond motifs is 1. The molecule has 0 saturated heterocycles. The van der Waals surface area contributed by atoms with Gasteiger partial charge in [0.05, 0.1) is 7.11 Å². The topological polar surface area (TPSA) is 187 Å². The highest BCUT2D eigenvalue weighted by atomic mass is 16.6. The van der Waals surface area contributed by atoms with E-state index in [9.17, 15) is 40.2 Å². The third kappa shape index (κ3) is 5.26. The number of benzene rings is 3. The van der Waals surface area contributed by atoms with Crippen LogP contribution in [0.2, 0.25) is 0 Å². The van der Waals surface area contributed by atoms with Gasteiger partial charge >= 0.3 is 11.9 Å². The van der Waals surface area contributed by atoms with E-state index in [2.05, 4.69) is 0 Å². The molecule has 1 heterocycles. The summed E-state index contributed by atoms with van der Waals surface area (Å²) in [6, 6.07) is 12.4. The first-order chi connectivity index (χ1) is 18.1. The molecule has 0 radical (unpaired) electrons. The molecule has 11 nitrogen and oxygen atoms in total. The predicted octanol–water partition coefficient (Wildman–Crippen LogP) is 4.07. The van der Waals surface area contributed by atoms with Crippen molar-refractivity contribution in [2.45, 2.75) is 12.5 Å². The van der Waals surface area contributed by atoms with Crippen LogP contribution in [0.4, 0.5) is 0 Å². The van der Waals surface area contributed by atoms with Crippen LogP contribution in [0.3, 0.4) is 0 Å². The maximum Gasteiger partial charge on any atom is 0.374 e. The summed E-state index contributed by atoms with van der Waals surface area (Å²) >= 11 is 0. The van der Waals surface area contributed by atoms with Crippen molar-refractivity contribution in [2.75, 3.05) is 7.11 Å². The third-order valence-electron chi connectivity index (χ3n) is 5.65. The van der Waals surface area contributed by atoms with E-state index in [4.69, 9.17) is 13.9 Å². The van der Waals surface area contributed by atoms with Crippen molar-refractivity contribution < 1.29 is 54.1 Å². The number of phenolic OH excluding ortho intramolecular Hbond substituents is 4. The second kappa shape index (κ2) is 10.3. The molecule has 0 aliphatic rings. The smallest absolute Gasteiger partial charge is 0.374 e. The van der Waals surface area contributed by atoms with Crippen LogP contribution in [0.25, 0.3) is 28.4 Å². The lowest BCUT2D eigenvalue weighted by molar-refractivity contribution is -0.162. The first kappa shape index (κ1) is 25.8. The summed E-state index contributed by atoms with van der Waals surface area (Å²) in [6.07, 6.45) is -0.955. The number of furan rings is 1. The number of hydrogen-bond donors (Lipinski definition) is 6. The molecule has 0 bridgehead atoms. The zero-order valence-electron chi connectivity index (χ0n) is 19.8. The minimum absolute atomic E-state index is 0.264. The third-order valence-corrected chi connectivity index (χ3v) is 5.65. The van der Waals surface area contributed by atoms with Crippen LogP contribution in [0, 0.1) is 0 Å². The second-order valence-electron chi connectivity index (χ2n) is 8.20. The van der Waals surface area contributed by atoms with E-state index in [-0.39, 0.29) is 29.1 Å². The molecule has 11 heteroatoms. The van der Waals surface area contributed by atoms with E-state index in [0.29, 0.717) is 28.0 Å². The van der Waals surface area contributed by atoms with Gasteiger partial charge in [0.1, 0.15) is 5.76 Å². The Bertz CT molecular complexity index is 1570. The van der Waals surface area contributed by atoms with E-state index in [1.165, 1.54) is 43.5 Å². The Morgan fingerprint density at radius 2 is 1.58 bits per heavy atom. The van der Waals surface area contributed by atoms with Gasteiger partial charge in [-0.25, -0.2) is 9.59 Å². The van der Waals surface area contributed by atoms with Gasteiger partial charge in [-0.3, -0.25) is 0 Å². The van der Waals surface area contributed by atoms with Crippen molar-refractivity contribution >= 4 is 29.0 Å². The minimum Gasteiger partial charge on any atom is -0.504 e. The zero-order chi connectivity index (χ0) is 27.6. The molecule has 3 aromatic carbocycles. The average Bonchev–Trinajstić information content (AvgIpc) is 3.33. The molecular formula is C27H22O11. The Labute approximate surface area is 214 Å². The molecule has 38 heavy (non-hydrogen) atoms. The van der Waals surface area contributed by atoms with Gasteiger partial charge in [0.2, 0.25) is 11.9 Å². The van der Waals surface area contributed by atoms with Gasteiger partial charge in [-0.05, 0) is 59.7 Å². The number of carbonyl (C=O) groups is 2. The number of aliphatic hydroxyl groups is 1. The number of carboxylic acid groups (broad SMARTS) is 1. The predicted molar refractivity (Wildman–Crippen MR) is 133 cm³/mol. The number of esters is 1. The maximum absolute atomic E-state index is 12.5. The van der Waals surface area contributed by atoms with E-state index in [0.717, 1.165) is 18.2 Å². The van der Waals surface area contributed by atoms with Gasteiger partial charge in [0.25, 0.3) is 0 Å². The highest BCUT2D eigenvalue weighted by Gasteiger charge is 2.25. The Balaban J connectivity index is 1.63. The quantitative estimate of drug-likeness (QED) is 0.0847. The van der Waals surface area contributed by atoms with Crippen LogP contribution in [0.15, 0.2) is 64.8 Å². The number of aliphatic hydroxyl groups excluding tert-OH is 1. The van der Waals surface area contributed by atoms with Crippen LogP contribution < -0.4 is 4.74 Å². The largest absolute Gasteiger partial charge is 0.504 e. The number of carboxylic acids is 1. The van der Waals surface area contributed by atoms with E-state index in [1.54, 1.807) is 6.07 Å². The van der Waals surface area contributed by atoms with E-state index in [1.807, 2.05) is 0 Å². The number of methoxy groups -OCH3 is 1. The van der Waals surface area contributed by atoms with Crippen LogP contribution in [-0.4, -0.2) is 55.8 Å². The number of aliphatic carboxylic acids is 1. The molecule has 4 rings (SSSR count). The normalized spacial score (nSPS) is 12.3. The van der Waals surface area contributed by atoms with Crippen LogP contribution in [0.5, 0.6) is 28.7 Å². The number of ether oxygens (including phenoxy) is 2. The summed E-state index contributed by atoms with van der Waals surface area (Å²) in [4.78, 5) is 24.2. The monoisotopic (exact) mass is 522 g/mol. The molecule has 4 aromatic rings. The number of rotatable bonds is 8. The second-order valence-corrected chi connectivity index (χ2v) is 8.20. The highest BCUT2D eigenvalue weighted by Crippen LogP contribution is 2.38. The summed E-state index contributed by atoms with van der Waals surface area (Å²) in [5, 5.41) is 58.7. The molecule has 0 amide bonds. The van der Waals surface area contributed by atoms with Crippen molar-refractivity contribution in [3.63, 3.8) is 0 Å². The molecule has 1 atom stereocenters. The van der Waals surface area contributed by atoms with Crippen molar-refractivity contribution in [1.29, 1.82) is 0 Å². The van der Waals surface area contributed by atoms with Gasteiger partial charge in [0.15, 0.2) is 34.3 Å². The first-order valence-corrected chi connectivity index (χ1v) is 11.1. The fourth-order valence-electron chi connectivity index (χ4n) is 3.71. The summed E-state index contributed by atoms with van der Waals surface area (Å²) in [6.45, 7) is 0. The van der Waals surface area contributed by atoms with E-state index >= 15 is 0 Å². The van der Waals surface area contributed by atoms with Crippen LogP contribution >= 0.6 is 0 Å². The molecular weight excluding hydrogens is 500 g/mol. The highest BCUT2D eigenvalue weighted by molar-refractivity contribution is 5.99. The molecule has 1 aromatic heterocycles. The first-order valence-electron chi connectivity index (χ1n) is 11.1. The van der Waals surface area contributed by atoms with Gasteiger partial charge in [-0.2, -0.15) is 0 Å². The molecule has 6 N–H and O–H groups in total. The Morgan fingerprint density at radius 3 is 2.21 bits per heavy atom. The maximum atomic E-state index is 12.5. The SMILES string of the molecule is COc1ccc(/C=C(\O)C(=O)O[C@H](Cc2ccc(O)c(O)c2)C(=O)O)c2cc(-c3ccc(O)c(O)c3)oc12. The Morgan fingerprint density at radius 1 is 0.895 bits per heavy atom. The van der Waals surface area contributed by atoms with Crippen molar-refractivity contribution in [3.8, 4) is 40.1 Å². The van der Waals surface area contributed by atoms with Crippen molar-refractivity contribution in [1.82, 2.24) is 0 Å². The lowest BCUT2D eigenvalue weighted by atomic mass is 10.1. The number of carbonyl (C=O) groups excluding carboxylic acids is 1. The summed E-state index contributed by atoms with van der Waals surface area (Å²) in [5.41, 5.74) is 1.28. The lowest BCUT2D eigenvalue weighted by Gasteiger charge is -2.14. The molecule has 0 aliphatic carbocycles. The zero-order valence-corrected chi connectivity index (χ0v) is 19.8. The molecule has 196 valence electrons. The molecule has 0 aliphatic heterocycles. The Kier molecular flexibility index (Phi) is 7.02. The van der Waals surface area contributed by atoms with Gasteiger partial charge < -0.3 is 44.5 Å². The molecule has 0 spiro atoms. The molecule has 0 saturated carbocycles. The average molecular weight is 522 g/mol. The van der Waals surface area contributed by atoms with E-state index < -0.39 is 35.3 Å². The number of phenols is 4. The number of aromatic hydroxyl groups is 4. The lowest BCUT2D eigenvalue weighted by Crippen LogP contribution is -2.29. The summed E-state index contributed by atoms with van der Waals surface area (Å²) < 4.78 is 16.2. The van der Waals surface area contributed by atoms with Gasteiger partial charge in [0, 0.05) is 17.4 Å². The summed E-state index contributed by atoms with van der Waals surface area (Å²) in [7, 11) is 1.42. The Hall–Kier alpha value is -5.32. The van der Waals surface area contributed by atoms with Crippen LogP contribution in [-0.2, 0) is 20.7 Å². The van der Waals surface area contributed by atoms with Crippen LogP contribution in [0.1, 0.15) is 11.1 Å².